The van der Waals surface area contributed by atoms with Crippen LogP contribution in [-0.2, 0) is 23.9 Å². The number of nitrogens with zero attached hydrogens (tertiary/aromatic N) is 1. The molecule has 0 aliphatic heterocycles. The normalized spacial score (nSPS) is 9.96. The summed E-state index contributed by atoms with van der Waals surface area (Å²) in [5, 5.41) is 5.47. The second-order valence-corrected chi connectivity index (χ2v) is 5.75. The molecule has 142 valence electrons. The number of rotatable bonds is 8. The highest BCUT2D eigenvalue weighted by Crippen LogP contribution is 2.16. The Kier molecular flexibility index (Phi) is 9.24. The molecule has 0 radical (unpaired) electrons. The number of carbonyl (C=O) groups is 3. The molecule has 0 saturated carbocycles. The maximum absolute atomic E-state index is 11.8. The van der Waals surface area contributed by atoms with E-state index < -0.39 is 5.97 Å². The third kappa shape index (κ3) is 8.04. The molecule has 1 rings (SSSR count). The summed E-state index contributed by atoms with van der Waals surface area (Å²) in [5.41, 5.74) is 1.40. The average Bonchev–Trinajstić information content (AvgIpc) is 2.60. The van der Waals surface area contributed by atoms with Gasteiger partial charge in [0.25, 0.3) is 0 Å². The lowest BCUT2D eigenvalue weighted by Crippen LogP contribution is -2.34. The number of hydrogen-bond donors (Lipinski definition) is 2. The molecule has 9 heteroatoms. The molecule has 0 saturated heterocycles. The summed E-state index contributed by atoms with van der Waals surface area (Å²) in [7, 11) is 3.18. The molecule has 0 spiro atoms. The standard InChI is InChI=1S/C17H23N3O5S/c1-12(21)20(2)14-6-4-13(5-7-14)18-17(26)19-15(22)8-9-16(23)25-11-10-24-3/h4-7H,8-11H2,1-3H3,(H2,18,19,22,26). The van der Waals surface area contributed by atoms with Crippen molar-refractivity contribution in [1.29, 1.82) is 0 Å². The zero-order chi connectivity index (χ0) is 19.5. The molecule has 0 aromatic heterocycles. The minimum Gasteiger partial charge on any atom is -0.463 e. The van der Waals surface area contributed by atoms with Gasteiger partial charge in [0.2, 0.25) is 11.8 Å². The number of hydrogen-bond acceptors (Lipinski definition) is 6. The van der Waals surface area contributed by atoms with Gasteiger partial charge in [0.15, 0.2) is 5.11 Å². The highest BCUT2D eigenvalue weighted by Gasteiger charge is 2.10. The SMILES string of the molecule is COCCOC(=O)CCC(=O)NC(=S)Nc1ccc(N(C)C(C)=O)cc1. The van der Waals surface area contributed by atoms with Gasteiger partial charge in [-0.05, 0) is 36.5 Å². The molecule has 2 amide bonds. The summed E-state index contributed by atoms with van der Waals surface area (Å²) in [6.07, 6.45) is -0.0692. The number of benzene rings is 1. The number of ether oxygens (including phenoxy) is 2. The van der Waals surface area contributed by atoms with E-state index in [0.29, 0.717) is 12.3 Å². The van der Waals surface area contributed by atoms with Gasteiger partial charge in [0.1, 0.15) is 6.61 Å². The lowest BCUT2D eigenvalue weighted by Gasteiger charge is -2.16. The molecule has 0 aliphatic carbocycles. The third-order valence-corrected chi connectivity index (χ3v) is 3.55. The second-order valence-electron chi connectivity index (χ2n) is 5.34. The fourth-order valence-corrected chi connectivity index (χ4v) is 2.06. The van der Waals surface area contributed by atoms with Crippen LogP contribution >= 0.6 is 12.2 Å². The highest BCUT2D eigenvalue weighted by molar-refractivity contribution is 7.80. The number of esters is 1. The Bertz CT molecular complexity index is 648. The van der Waals surface area contributed by atoms with Crippen LogP contribution in [0.4, 0.5) is 11.4 Å². The fraction of sp³-hybridized carbons (Fsp3) is 0.412. The van der Waals surface area contributed by atoms with Crippen molar-refractivity contribution in [3.05, 3.63) is 24.3 Å². The lowest BCUT2D eigenvalue weighted by atomic mass is 10.2. The van der Waals surface area contributed by atoms with Crippen molar-refractivity contribution in [1.82, 2.24) is 5.32 Å². The molecule has 0 aliphatic rings. The maximum Gasteiger partial charge on any atom is 0.306 e. The van der Waals surface area contributed by atoms with Crippen molar-refractivity contribution in [2.45, 2.75) is 19.8 Å². The first-order chi connectivity index (χ1) is 12.3. The molecule has 0 heterocycles. The van der Waals surface area contributed by atoms with E-state index >= 15 is 0 Å². The zero-order valence-corrected chi connectivity index (χ0v) is 15.9. The first-order valence-electron chi connectivity index (χ1n) is 7.93. The van der Waals surface area contributed by atoms with E-state index in [-0.39, 0.29) is 36.4 Å². The van der Waals surface area contributed by atoms with Crippen LogP contribution in [0.25, 0.3) is 0 Å². The molecule has 8 nitrogen and oxygen atoms in total. The summed E-state index contributed by atoms with van der Waals surface area (Å²) in [6, 6.07) is 6.98. The van der Waals surface area contributed by atoms with Gasteiger partial charge in [0, 0.05) is 38.9 Å². The molecule has 2 N–H and O–H groups in total. The zero-order valence-electron chi connectivity index (χ0n) is 15.0. The van der Waals surface area contributed by atoms with E-state index in [1.807, 2.05) is 0 Å². The Hall–Kier alpha value is -2.52. The molecule has 26 heavy (non-hydrogen) atoms. The minimum absolute atomic E-state index is 0.0318. The summed E-state index contributed by atoms with van der Waals surface area (Å²) in [5.74, 6) is -0.936. The molecule has 0 unspecified atom stereocenters. The summed E-state index contributed by atoms with van der Waals surface area (Å²) in [6.45, 7) is 1.95. The van der Waals surface area contributed by atoms with Crippen LogP contribution in [-0.4, -0.2) is 50.3 Å². The Morgan fingerprint density at radius 3 is 2.35 bits per heavy atom. The Morgan fingerprint density at radius 2 is 1.77 bits per heavy atom. The van der Waals surface area contributed by atoms with Crippen LogP contribution in [0.15, 0.2) is 24.3 Å². The summed E-state index contributed by atoms with van der Waals surface area (Å²) < 4.78 is 9.62. The Labute approximate surface area is 157 Å². The van der Waals surface area contributed by atoms with E-state index in [2.05, 4.69) is 10.6 Å². The van der Waals surface area contributed by atoms with Crippen LogP contribution in [0.2, 0.25) is 0 Å². The van der Waals surface area contributed by atoms with Gasteiger partial charge in [-0.1, -0.05) is 0 Å². The first kappa shape index (κ1) is 21.5. The number of anilines is 2. The van der Waals surface area contributed by atoms with Crippen molar-refractivity contribution >= 4 is 46.5 Å². The van der Waals surface area contributed by atoms with E-state index in [1.165, 1.54) is 18.9 Å². The van der Waals surface area contributed by atoms with Gasteiger partial charge >= 0.3 is 5.97 Å². The van der Waals surface area contributed by atoms with Crippen molar-refractivity contribution in [3.63, 3.8) is 0 Å². The van der Waals surface area contributed by atoms with Gasteiger partial charge in [-0.3, -0.25) is 14.4 Å². The average molecular weight is 381 g/mol. The number of nitrogens with one attached hydrogen (secondary N) is 2. The van der Waals surface area contributed by atoms with Gasteiger partial charge in [-0.2, -0.15) is 0 Å². The van der Waals surface area contributed by atoms with Gasteiger partial charge in [-0.25, -0.2) is 0 Å². The minimum atomic E-state index is -0.471. The monoisotopic (exact) mass is 381 g/mol. The summed E-state index contributed by atoms with van der Waals surface area (Å²) in [4.78, 5) is 36.0. The molecule has 0 bridgehead atoms. The van der Waals surface area contributed by atoms with Gasteiger partial charge < -0.3 is 25.0 Å². The van der Waals surface area contributed by atoms with Crippen molar-refractivity contribution in [3.8, 4) is 0 Å². The van der Waals surface area contributed by atoms with E-state index in [9.17, 15) is 14.4 Å². The van der Waals surface area contributed by atoms with Crippen LogP contribution in [0, 0.1) is 0 Å². The van der Waals surface area contributed by atoms with E-state index in [4.69, 9.17) is 21.7 Å². The number of thiocarbonyl (C=S) groups is 1. The third-order valence-electron chi connectivity index (χ3n) is 3.34. The smallest absolute Gasteiger partial charge is 0.306 e. The van der Waals surface area contributed by atoms with Gasteiger partial charge in [-0.15, -0.1) is 0 Å². The van der Waals surface area contributed by atoms with Crippen molar-refractivity contribution < 1.29 is 23.9 Å². The second kappa shape index (κ2) is 11.2. The van der Waals surface area contributed by atoms with Crippen molar-refractivity contribution in [2.75, 3.05) is 37.6 Å². The van der Waals surface area contributed by atoms with E-state index in [1.54, 1.807) is 31.3 Å². The molecule has 0 fully saturated rings. The number of methoxy groups -OCH3 is 1. The Morgan fingerprint density at radius 1 is 1.12 bits per heavy atom. The molecule has 0 atom stereocenters. The topological polar surface area (TPSA) is 97.0 Å². The quantitative estimate of drug-likeness (QED) is 0.400. The van der Waals surface area contributed by atoms with Crippen LogP contribution in [0.5, 0.6) is 0 Å². The van der Waals surface area contributed by atoms with Gasteiger partial charge in [0.05, 0.1) is 13.0 Å². The predicted molar refractivity (Wildman–Crippen MR) is 102 cm³/mol. The molecular formula is C17H23N3O5S. The van der Waals surface area contributed by atoms with Crippen LogP contribution < -0.4 is 15.5 Å². The fourth-order valence-electron chi connectivity index (χ4n) is 1.83. The highest BCUT2D eigenvalue weighted by atomic mass is 32.1. The molecular weight excluding hydrogens is 358 g/mol. The summed E-state index contributed by atoms with van der Waals surface area (Å²) >= 11 is 5.06. The molecule has 1 aromatic carbocycles. The lowest BCUT2D eigenvalue weighted by molar-refractivity contribution is -0.146. The largest absolute Gasteiger partial charge is 0.463 e. The maximum atomic E-state index is 11.8. The Balaban J connectivity index is 2.38. The predicted octanol–water partition coefficient (Wildman–Crippen LogP) is 1.45. The van der Waals surface area contributed by atoms with E-state index in [0.717, 1.165) is 5.69 Å². The first-order valence-corrected chi connectivity index (χ1v) is 8.34. The number of amides is 2. The van der Waals surface area contributed by atoms with Crippen LogP contribution in [0.3, 0.4) is 0 Å². The molecule has 1 aromatic rings. The number of carbonyl (C=O) groups excluding carboxylic acids is 3. The van der Waals surface area contributed by atoms with Crippen LogP contribution in [0.1, 0.15) is 19.8 Å². The van der Waals surface area contributed by atoms with Crippen molar-refractivity contribution in [2.24, 2.45) is 0 Å².